The third-order valence-electron chi connectivity index (χ3n) is 2.47. The molecule has 0 aromatic heterocycles. The van der Waals surface area contributed by atoms with Gasteiger partial charge in [-0.1, -0.05) is 0 Å². The number of carboxylic acid groups (broad SMARTS) is 1. The lowest BCUT2D eigenvalue weighted by Crippen LogP contribution is -2.02. The van der Waals surface area contributed by atoms with Gasteiger partial charge >= 0.3 is 5.97 Å². The van der Waals surface area contributed by atoms with Gasteiger partial charge in [-0.25, -0.2) is 4.39 Å². The van der Waals surface area contributed by atoms with E-state index in [2.05, 4.69) is 15.9 Å². The second-order valence-electron chi connectivity index (χ2n) is 3.63. The Balaban J connectivity index is 3.06. The summed E-state index contributed by atoms with van der Waals surface area (Å²) in [6.45, 7) is 0. The van der Waals surface area contributed by atoms with Crippen LogP contribution in [0.3, 0.4) is 0 Å². The fourth-order valence-corrected chi connectivity index (χ4v) is 2.10. The van der Waals surface area contributed by atoms with Crippen LogP contribution >= 0.6 is 15.9 Å². The molecule has 1 aromatic carbocycles. The lowest BCUT2D eigenvalue weighted by Gasteiger charge is -2.14. The zero-order valence-corrected chi connectivity index (χ0v) is 11.7. The van der Waals surface area contributed by atoms with Crippen LogP contribution < -0.4 is 9.47 Å². The molecule has 0 radical (unpaired) electrons. The maximum absolute atomic E-state index is 14.0. The molecule has 0 unspecified atom stereocenters. The molecule has 0 fully saturated rings. The van der Waals surface area contributed by atoms with Crippen molar-refractivity contribution >= 4 is 21.9 Å². The number of methoxy groups -OCH3 is 2. The molecule has 0 saturated carbocycles. The van der Waals surface area contributed by atoms with Crippen LogP contribution in [0.15, 0.2) is 10.5 Å². The van der Waals surface area contributed by atoms with Gasteiger partial charge in [-0.15, -0.1) is 0 Å². The number of carbonyl (C=O) groups is 1. The first-order chi connectivity index (χ1) is 8.51. The highest BCUT2D eigenvalue weighted by molar-refractivity contribution is 9.10. The van der Waals surface area contributed by atoms with Gasteiger partial charge in [0.2, 0.25) is 0 Å². The number of rotatable bonds is 6. The largest absolute Gasteiger partial charge is 0.493 e. The van der Waals surface area contributed by atoms with E-state index >= 15 is 0 Å². The summed E-state index contributed by atoms with van der Waals surface area (Å²) in [5, 5.41) is 8.58. The molecule has 0 saturated heterocycles. The highest BCUT2D eigenvalue weighted by atomic mass is 79.9. The molecule has 1 rings (SSSR count). The van der Waals surface area contributed by atoms with E-state index in [0.717, 1.165) is 0 Å². The number of halogens is 2. The van der Waals surface area contributed by atoms with Crippen LogP contribution in [0.25, 0.3) is 0 Å². The molecule has 0 bridgehead atoms. The van der Waals surface area contributed by atoms with Crippen LogP contribution in [0.2, 0.25) is 0 Å². The fraction of sp³-hybridized carbons (Fsp3) is 0.417. The zero-order valence-electron chi connectivity index (χ0n) is 10.1. The van der Waals surface area contributed by atoms with Crippen LogP contribution in [0, 0.1) is 5.82 Å². The topological polar surface area (TPSA) is 55.8 Å². The Morgan fingerprint density at radius 2 is 2.11 bits per heavy atom. The standard InChI is InChI=1S/C12H14BrFO4/c1-17-9-6-8(13)11(14)7(12(9)18-2)4-3-5-10(15)16/h6H,3-5H2,1-2H3,(H,15,16). The highest BCUT2D eigenvalue weighted by Gasteiger charge is 2.18. The van der Waals surface area contributed by atoms with Gasteiger partial charge in [0, 0.05) is 18.1 Å². The first-order valence-electron chi connectivity index (χ1n) is 5.31. The average molecular weight is 321 g/mol. The second-order valence-corrected chi connectivity index (χ2v) is 4.49. The van der Waals surface area contributed by atoms with Crippen LogP contribution in [0.4, 0.5) is 4.39 Å². The summed E-state index contributed by atoms with van der Waals surface area (Å²) in [6, 6.07) is 1.48. The van der Waals surface area contributed by atoms with E-state index in [1.165, 1.54) is 20.3 Å². The monoisotopic (exact) mass is 320 g/mol. The number of carboxylic acids is 1. The Hall–Kier alpha value is -1.30. The van der Waals surface area contributed by atoms with Crippen molar-refractivity contribution in [1.82, 2.24) is 0 Å². The van der Waals surface area contributed by atoms with Gasteiger partial charge < -0.3 is 14.6 Å². The third-order valence-corrected chi connectivity index (χ3v) is 3.05. The van der Waals surface area contributed by atoms with Crippen molar-refractivity contribution in [3.8, 4) is 11.5 Å². The molecule has 100 valence electrons. The normalized spacial score (nSPS) is 10.2. The van der Waals surface area contributed by atoms with Gasteiger partial charge in [-0.2, -0.15) is 0 Å². The van der Waals surface area contributed by atoms with Crippen molar-refractivity contribution in [3.05, 3.63) is 21.9 Å². The number of hydrogen-bond donors (Lipinski definition) is 1. The molecule has 1 aromatic rings. The SMILES string of the molecule is COc1cc(Br)c(F)c(CCCC(=O)O)c1OC. The van der Waals surface area contributed by atoms with E-state index < -0.39 is 11.8 Å². The third kappa shape index (κ3) is 3.35. The van der Waals surface area contributed by atoms with Gasteiger partial charge in [0.1, 0.15) is 5.82 Å². The predicted octanol–water partition coefficient (Wildman–Crippen LogP) is 3.01. The summed E-state index contributed by atoms with van der Waals surface area (Å²) < 4.78 is 24.5. The van der Waals surface area contributed by atoms with Gasteiger partial charge in [-0.05, 0) is 28.8 Å². The van der Waals surface area contributed by atoms with E-state index in [-0.39, 0.29) is 17.3 Å². The van der Waals surface area contributed by atoms with Gasteiger partial charge in [0.05, 0.1) is 18.7 Å². The van der Waals surface area contributed by atoms with Crippen LogP contribution in [-0.4, -0.2) is 25.3 Å². The molecular formula is C12H14BrFO4. The Labute approximate surface area is 113 Å². The van der Waals surface area contributed by atoms with Crippen molar-refractivity contribution in [2.45, 2.75) is 19.3 Å². The summed E-state index contributed by atoms with van der Waals surface area (Å²) in [4.78, 5) is 10.5. The summed E-state index contributed by atoms with van der Waals surface area (Å²) in [5.74, 6) is -0.630. The fourth-order valence-electron chi connectivity index (χ4n) is 1.65. The predicted molar refractivity (Wildman–Crippen MR) is 67.8 cm³/mol. The quantitative estimate of drug-likeness (QED) is 0.875. The lowest BCUT2D eigenvalue weighted by atomic mass is 10.1. The number of ether oxygens (including phenoxy) is 2. The van der Waals surface area contributed by atoms with Crippen LogP contribution in [0.5, 0.6) is 11.5 Å². The molecule has 1 N–H and O–H groups in total. The van der Waals surface area contributed by atoms with E-state index in [1.54, 1.807) is 0 Å². The minimum absolute atomic E-state index is 0.0164. The summed E-state index contributed by atoms with van der Waals surface area (Å²) >= 11 is 3.10. The molecule has 0 aliphatic rings. The van der Waals surface area contributed by atoms with Crippen LogP contribution in [-0.2, 0) is 11.2 Å². The Bertz CT molecular complexity index is 448. The lowest BCUT2D eigenvalue weighted by molar-refractivity contribution is -0.137. The molecule has 0 heterocycles. The summed E-state index contributed by atoms with van der Waals surface area (Å²) in [6.07, 6.45) is 0.594. The first kappa shape index (κ1) is 14.8. The van der Waals surface area contributed by atoms with Gasteiger partial charge in [-0.3, -0.25) is 4.79 Å². The summed E-state index contributed by atoms with van der Waals surface area (Å²) in [7, 11) is 2.88. The Kier molecular flexibility index (Phi) is 5.40. The molecule has 18 heavy (non-hydrogen) atoms. The number of aliphatic carboxylic acids is 1. The van der Waals surface area contributed by atoms with Gasteiger partial charge in [0.15, 0.2) is 11.5 Å². The summed E-state index contributed by atoms with van der Waals surface area (Å²) in [5.41, 5.74) is 0.324. The Morgan fingerprint density at radius 3 is 2.61 bits per heavy atom. The van der Waals surface area contributed by atoms with Crippen molar-refractivity contribution in [3.63, 3.8) is 0 Å². The van der Waals surface area contributed by atoms with E-state index in [9.17, 15) is 9.18 Å². The molecule has 0 spiro atoms. The van der Waals surface area contributed by atoms with E-state index in [4.69, 9.17) is 14.6 Å². The Morgan fingerprint density at radius 1 is 1.44 bits per heavy atom. The number of hydrogen-bond acceptors (Lipinski definition) is 3. The molecule has 0 aliphatic heterocycles. The second kappa shape index (κ2) is 6.58. The minimum Gasteiger partial charge on any atom is -0.493 e. The van der Waals surface area contributed by atoms with E-state index in [1.807, 2.05) is 0 Å². The van der Waals surface area contributed by atoms with Gasteiger partial charge in [0.25, 0.3) is 0 Å². The van der Waals surface area contributed by atoms with E-state index in [0.29, 0.717) is 23.5 Å². The highest BCUT2D eigenvalue weighted by Crippen LogP contribution is 2.38. The zero-order chi connectivity index (χ0) is 13.7. The molecule has 0 aliphatic carbocycles. The molecule has 0 amide bonds. The number of benzene rings is 1. The van der Waals surface area contributed by atoms with Crippen molar-refractivity contribution in [1.29, 1.82) is 0 Å². The molecule has 4 nitrogen and oxygen atoms in total. The van der Waals surface area contributed by atoms with Crippen molar-refractivity contribution < 1.29 is 23.8 Å². The maximum atomic E-state index is 14.0. The molecule has 6 heteroatoms. The molecule has 0 atom stereocenters. The first-order valence-corrected chi connectivity index (χ1v) is 6.11. The molecular weight excluding hydrogens is 307 g/mol. The van der Waals surface area contributed by atoms with Crippen molar-refractivity contribution in [2.24, 2.45) is 0 Å². The average Bonchev–Trinajstić information content (AvgIpc) is 2.33. The maximum Gasteiger partial charge on any atom is 0.303 e. The minimum atomic E-state index is -0.906. The van der Waals surface area contributed by atoms with Crippen LogP contribution in [0.1, 0.15) is 18.4 Å². The van der Waals surface area contributed by atoms with Crippen molar-refractivity contribution in [2.75, 3.05) is 14.2 Å². The smallest absolute Gasteiger partial charge is 0.303 e.